The van der Waals surface area contributed by atoms with E-state index in [1.807, 2.05) is 26.1 Å². The molecule has 0 unspecified atom stereocenters. The minimum atomic E-state index is -0.391. The predicted octanol–water partition coefficient (Wildman–Crippen LogP) is 6.94. The molecular formula is C33H40N2O2. The second-order valence-corrected chi connectivity index (χ2v) is 11.4. The Morgan fingerprint density at radius 1 is 1.05 bits per heavy atom. The molecule has 0 radical (unpaired) electrons. The number of aryl methyl sites for hydroxylation is 1. The number of esters is 1. The van der Waals surface area contributed by atoms with Crippen molar-refractivity contribution >= 4 is 22.4 Å². The van der Waals surface area contributed by atoms with E-state index >= 15 is 0 Å². The zero-order valence-electron chi connectivity index (χ0n) is 22.5. The Morgan fingerprint density at radius 2 is 1.84 bits per heavy atom. The van der Waals surface area contributed by atoms with Crippen LogP contribution in [0.5, 0.6) is 0 Å². The van der Waals surface area contributed by atoms with E-state index in [4.69, 9.17) is 4.74 Å². The average molecular weight is 497 g/mol. The Hall–Kier alpha value is -2.98. The van der Waals surface area contributed by atoms with Crippen LogP contribution in [0.15, 0.2) is 72.9 Å². The smallest absolute Gasteiger partial charge is 0.308 e. The fourth-order valence-electron chi connectivity index (χ4n) is 6.31. The van der Waals surface area contributed by atoms with Gasteiger partial charge in [0, 0.05) is 30.5 Å². The Bertz CT molecular complexity index is 1250. The third kappa shape index (κ3) is 5.65. The minimum absolute atomic E-state index is 0.0607. The molecule has 1 fully saturated rings. The van der Waals surface area contributed by atoms with Crippen molar-refractivity contribution in [3.8, 4) is 0 Å². The van der Waals surface area contributed by atoms with E-state index in [9.17, 15) is 4.79 Å². The highest BCUT2D eigenvalue weighted by molar-refractivity contribution is 5.81. The number of carbonyl (C=O) groups excluding carboxylic acids is 1. The molecule has 3 aromatic rings. The predicted molar refractivity (Wildman–Crippen MR) is 151 cm³/mol. The van der Waals surface area contributed by atoms with Gasteiger partial charge in [-0.25, -0.2) is 0 Å². The monoisotopic (exact) mass is 496 g/mol. The van der Waals surface area contributed by atoms with Gasteiger partial charge in [0.2, 0.25) is 0 Å². The number of aromatic nitrogens is 1. The van der Waals surface area contributed by atoms with E-state index in [0.717, 1.165) is 50.7 Å². The Balaban J connectivity index is 1.25. The van der Waals surface area contributed by atoms with Gasteiger partial charge in [0.1, 0.15) is 5.60 Å². The maximum absolute atomic E-state index is 12.9. The normalized spacial score (nSPS) is 23.0. The molecule has 194 valence electrons. The lowest BCUT2D eigenvalue weighted by atomic mass is 9.60. The number of hydrogen-bond donors (Lipinski definition) is 0. The molecule has 2 aromatic carbocycles. The lowest BCUT2D eigenvalue weighted by molar-refractivity contribution is -0.176. The first-order chi connectivity index (χ1) is 17.9. The van der Waals surface area contributed by atoms with Crippen LogP contribution < -0.4 is 0 Å². The second-order valence-electron chi connectivity index (χ2n) is 11.4. The van der Waals surface area contributed by atoms with Gasteiger partial charge in [-0.2, -0.15) is 0 Å². The molecular weight excluding hydrogens is 456 g/mol. The Kier molecular flexibility index (Phi) is 7.76. The second kappa shape index (κ2) is 11.2. The summed E-state index contributed by atoms with van der Waals surface area (Å²) in [5.74, 6) is 0.571. The molecule has 0 amide bonds. The van der Waals surface area contributed by atoms with Gasteiger partial charge in [0.05, 0.1) is 11.4 Å². The van der Waals surface area contributed by atoms with Crippen molar-refractivity contribution < 1.29 is 9.53 Å². The first-order valence-electron chi connectivity index (χ1n) is 14.0. The summed E-state index contributed by atoms with van der Waals surface area (Å²) in [7, 11) is 2.20. The molecule has 3 aliphatic carbocycles. The van der Waals surface area contributed by atoms with Crippen LogP contribution in [-0.4, -0.2) is 41.6 Å². The quantitative estimate of drug-likeness (QED) is 0.285. The maximum Gasteiger partial charge on any atom is 0.308 e. The number of fused-ring (bicyclic) bond motifs is 3. The number of nitrogens with zero attached hydrogens (tertiary/aromatic N) is 2. The summed E-state index contributed by atoms with van der Waals surface area (Å²) < 4.78 is 6.41. The molecule has 3 atom stereocenters. The Morgan fingerprint density at radius 3 is 2.59 bits per heavy atom. The fourth-order valence-corrected chi connectivity index (χ4v) is 6.31. The number of para-hydroxylation sites is 1. The van der Waals surface area contributed by atoms with Crippen molar-refractivity contribution in [3.05, 3.63) is 84.1 Å². The summed E-state index contributed by atoms with van der Waals surface area (Å²) in [5.41, 5.74) is 4.81. The highest BCUT2D eigenvalue weighted by Gasteiger charge is 2.50. The summed E-state index contributed by atoms with van der Waals surface area (Å²) in [4.78, 5) is 19.8. The highest BCUT2D eigenvalue weighted by atomic mass is 16.6. The summed E-state index contributed by atoms with van der Waals surface area (Å²) in [6.45, 7) is 5.83. The molecule has 0 N–H and O–H groups in total. The van der Waals surface area contributed by atoms with Gasteiger partial charge in [0.15, 0.2) is 0 Å². The molecule has 1 saturated carbocycles. The van der Waals surface area contributed by atoms with Crippen molar-refractivity contribution in [1.29, 1.82) is 0 Å². The summed E-state index contributed by atoms with van der Waals surface area (Å²) in [6.07, 6.45) is 10.6. The van der Waals surface area contributed by atoms with Gasteiger partial charge in [0.25, 0.3) is 0 Å². The van der Waals surface area contributed by atoms with Crippen molar-refractivity contribution in [2.45, 2.75) is 58.0 Å². The number of rotatable bonds is 10. The van der Waals surface area contributed by atoms with Crippen LogP contribution in [0.2, 0.25) is 0 Å². The molecule has 2 bridgehead atoms. The van der Waals surface area contributed by atoms with Crippen LogP contribution in [0.1, 0.15) is 57.1 Å². The zero-order chi connectivity index (χ0) is 25.8. The summed E-state index contributed by atoms with van der Waals surface area (Å²) >= 11 is 0. The number of allylic oxidation sites excluding steroid dienone is 1. The molecule has 1 heterocycles. The molecule has 4 heteroatoms. The van der Waals surface area contributed by atoms with E-state index in [-0.39, 0.29) is 17.8 Å². The number of benzene rings is 2. The highest BCUT2D eigenvalue weighted by Crippen LogP contribution is 2.53. The zero-order valence-corrected chi connectivity index (χ0v) is 22.5. The fraction of sp³-hybridized carbons (Fsp3) is 0.455. The van der Waals surface area contributed by atoms with Crippen molar-refractivity contribution in [2.75, 3.05) is 20.1 Å². The molecule has 3 aliphatic rings. The SMILES string of the molecule is CC(C)C(=O)O[C@]1(CCN(C)CCCc2ccnc3ccccc23)C[C@@H]2CC[C@H]1C=C2c1ccccc1. The molecule has 37 heavy (non-hydrogen) atoms. The first-order valence-corrected chi connectivity index (χ1v) is 14.0. The van der Waals surface area contributed by atoms with Crippen LogP contribution in [0.3, 0.4) is 0 Å². The standard InChI is InChI=1S/C33H40N2O2/c1-24(2)32(36)37-33(23-27-15-16-28(33)22-30(27)25-10-5-4-6-11-25)18-21-35(3)20-9-12-26-17-19-34-31-14-8-7-13-29(26)31/h4-8,10-11,13-14,17,19,22,24,27-28H,9,12,15-16,18,20-21,23H2,1-3H3/t27-,28-,33+/m0/s1. The van der Waals surface area contributed by atoms with E-state index in [1.165, 1.54) is 28.5 Å². The van der Waals surface area contributed by atoms with Gasteiger partial charge < -0.3 is 9.64 Å². The van der Waals surface area contributed by atoms with Crippen molar-refractivity contribution in [3.63, 3.8) is 0 Å². The number of hydrogen-bond acceptors (Lipinski definition) is 4. The van der Waals surface area contributed by atoms with Crippen molar-refractivity contribution in [2.24, 2.45) is 17.8 Å². The lowest BCUT2D eigenvalue weighted by Gasteiger charge is -2.50. The summed E-state index contributed by atoms with van der Waals surface area (Å²) in [5, 5.41) is 1.26. The van der Waals surface area contributed by atoms with E-state index < -0.39 is 5.60 Å². The topological polar surface area (TPSA) is 42.4 Å². The molecule has 0 spiro atoms. The lowest BCUT2D eigenvalue weighted by Crippen LogP contribution is -2.51. The maximum atomic E-state index is 12.9. The van der Waals surface area contributed by atoms with Gasteiger partial charge in [-0.1, -0.05) is 68.5 Å². The van der Waals surface area contributed by atoms with Gasteiger partial charge >= 0.3 is 5.97 Å². The number of pyridine rings is 1. The first kappa shape index (κ1) is 25.7. The van der Waals surface area contributed by atoms with Gasteiger partial charge in [-0.15, -0.1) is 0 Å². The largest absolute Gasteiger partial charge is 0.458 e. The van der Waals surface area contributed by atoms with Crippen LogP contribution in [0.4, 0.5) is 0 Å². The third-order valence-corrected chi connectivity index (χ3v) is 8.44. The van der Waals surface area contributed by atoms with Gasteiger partial charge in [-0.3, -0.25) is 9.78 Å². The van der Waals surface area contributed by atoms with Gasteiger partial charge in [-0.05, 0) is 80.4 Å². The number of carbonyl (C=O) groups is 1. The average Bonchev–Trinajstić information content (AvgIpc) is 2.93. The van der Waals surface area contributed by atoms with E-state index in [2.05, 4.69) is 77.6 Å². The van der Waals surface area contributed by atoms with Crippen LogP contribution in [0.25, 0.3) is 16.5 Å². The molecule has 6 rings (SSSR count). The minimum Gasteiger partial charge on any atom is -0.458 e. The summed E-state index contributed by atoms with van der Waals surface area (Å²) in [6, 6.07) is 21.3. The van der Waals surface area contributed by atoms with Crippen LogP contribution in [0, 0.1) is 17.8 Å². The molecule has 0 aliphatic heterocycles. The van der Waals surface area contributed by atoms with Crippen LogP contribution >= 0.6 is 0 Å². The molecule has 0 saturated heterocycles. The van der Waals surface area contributed by atoms with E-state index in [0.29, 0.717) is 5.92 Å². The van der Waals surface area contributed by atoms with Crippen molar-refractivity contribution in [1.82, 2.24) is 9.88 Å². The van der Waals surface area contributed by atoms with E-state index in [1.54, 1.807) is 0 Å². The molecule has 1 aromatic heterocycles. The number of ether oxygens (including phenoxy) is 1. The Labute approximate surface area is 221 Å². The molecule has 4 nitrogen and oxygen atoms in total. The van der Waals surface area contributed by atoms with Crippen LogP contribution in [-0.2, 0) is 16.0 Å². The third-order valence-electron chi connectivity index (χ3n) is 8.44.